The van der Waals surface area contributed by atoms with Crippen LogP contribution >= 0.6 is 0 Å². The number of anilines is 8. The Labute approximate surface area is 790 Å². The summed E-state index contributed by atoms with van der Waals surface area (Å²) in [5, 5.41) is 30.0. The zero-order chi connectivity index (χ0) is 98.5. The number of halogens is 15. The zero-order valence-electron chi connectivity index (χ0n) is 75.1. The number of aromatic nitrogens is 9. The summed E-state index contributed by atoms with van der Waals surface area (Å²) in [4.78, 5) is 68.0. The van der Waals surface area contributed by atoms with Gasteiger partial charge in [0.1, 0.15) is 25.3 Å². The Bertz CT molecular complexity index is 6270. The molecule has 5 atom stereocenters. The van der Waals surface area contributed by atoms with E-state index < -0.39 is 82.4 Å². The molecule has 0 bridgehead atoms. The predicted octanol–water partition coefficient (Wildman–Crippen LogP) is 21.6. The van der Waals surface area contributed by atoms with E-state index in [0.29, 0.717) is 106 Å². The summed E-state index contributed by atoms with van der Waals surface area (Å²) in [5.74, 6) is -6.42. The molecule has 0 amide bonds. The number of ether oxygens (including phenoxy) is 1. The molecule has 1 aliphatic carbocycles. The van der Waals surface area contributed by atoms with E-state index in [2.05, 4.69) is 96.3 Å². The molecule has 5 saturated heterocycles. The van der Waals surface area contributed by atoms with Crippen LogP contribution in [-0.2, 0) is 72.8 Å². The fraction of sp³-hybridized carbons (Fsp3) is 0.317. The van der Waals surface area contributed by atoms with E-state index in [1.807, 2.05) is 28.0 Å². The van der Waals surface area contributed by atoms with Gasteiger partial charge in [-0.15, -0.1) is 0 Å². The molecule has 12 aromatic rings. The van der Waals surface area contributed by atoms with Gasteiger partial charge >= 0.3 is 30.5 Å². The number of nitrogens with zero attached hydrogens (tertiary/aromatic N) is 14. The third-order valence-electron chi connectivity index (χ3n) is 25.0. The van der Waals surface area contributed by atoms with Gasteiger partial charge in [0.15, 0.2) is 46.5 Å². The molecule has 38 heteroatoms. The number of rotatable bonds is 26. The van der Waals surface area contributed by atoms with Crippen LogP contribution in [0.5, 0.6) is 0 Å². The summed E-state index contributed by atoms with van der Waals surface area (Å²) in [5.41, 5.74) is 9.79. The maximum absolute atomic E-state index is 15.6. The van der Waals surface area contributed by atoms with E-state index >= 15 is 17.6 Å². The first-order valence-electron chi connectivity index (χ1n) is 44.9. The van der Waals surface area contributed by atoms with Gasteiger partial charge in [0.05, 0.1) is 66.1 Å². The van der Waals surface area contributed by atoms with Crippen molar-refractivity contribution >= 4 is 64.2 Å². The van der Waals surface area contributed by atoms with E-state index in [1.165, 1.54) is 103 Å². The average Bonchev–Trinajstić information content (AvgIpc) is 1.66. The smallest absolute Gasteiger partial charge is 0.416 e. The lowest BCUT2D eigenvalue weighted by Gasteiger charge is -2.37. The minimum Gasteiger partial charge on any atom is -0.481 e. The van der Waals surface area contributed by atoms with Gasteiger partial charge in [-0.05, 0) is 181 Å². The van der Waals surface area contributed by atoms with E-state index in [4.69, 9.17) is 14.9 Å². The number of aromatic carboxylic acids is 1. The van der Waals surface area contributed by atoms with Gasteiger partial charge in [0, 0.05) is 101 Å². The van der Waals surface area contributed by atoms with Gasteiger partial charge < -0.3 is 60.7 Å². The SMILES string of the molecule is C=C(c1ccncc1)N1CCC(Nc2ncnc(N3CCCC3c3ccc(C(F)(F)F)cc3)c2F)C1.C=C1Cc2ccc(CNc3ncnc(N4CCCC4c4ccc(C(F)(F)F)cc4)c3F)cc2C1.CC(F)(F)c1ccc(C2COCCN2c2ncnc(NCc3ccc(CC(=O)O)cc3)c2F)cc1.O=C(O)c1ccc(CCNc2ncnc(N3CCCC3c3ccc(C(F)(F)F)cc3)c2F)cc1. The highest BCUT2D eigenvalue weighted by atomic mass is 19.4. The van der Waals surface area contributed by atoms with Crippen molar-refractivity contribution in [2.45, 2.75) is 145 Å². The van der Waals surface area contributed by atoms with Crippen molar-refractivity contribution in [3.63, 3.8) is 0 Å². The summed E-state index contributed by atoms with van der Waals surface area (Å²) in [6, 6.07) is 43.2. The number of carboxylic acids is 2. The number of pyridine rings is 1. The van der Waals surface area contributed by atoms with E-state index in [9.17, 15) is 57.9 Å². The molecule has 726 valence electrons. The molecule has 6 aliphatic rings. The number of nitrogens with one attached hydrogen (secondary N) is 4. The van der Waals surface area contributed by atoms with E-state index in [1.54, 1.807) is 70.7 Å². The molecule has 0 saturated carbocycles. The second-order valence-electron chi connectivity index (χ2n) is 34.4. The van der Waals surface area contributed by atoms with Gasteiger partial charge in [-0.3, -0.25) is 9.78 Å². The number of hydrogen-bond acceptors (Lipinski definition) is 21. The maximum atomic E-state index is 15.6. The molecule has 0 radical (unpaired) electrons. The highest BCUT2D eigenvalue weighted by molar-refractivity contribution is 5.87. The second kappa shape index (κ2) is 43.5. The van der Waals surface area contributed by atoms with Crippen molar-refractivity contribution in [1.82, 2.24) is 49.8 Å². The quantitative estimate of drug-likeness (QED) is 0.0217. The van der Waals surface area contributed by atoms with Crippen molar-refractivity contribution in [3.8, 4) is 0 Å². The van der Waals surface area contributed by atoms with Crippen LogP contribution in [0.2, 0.25) is 0 Å². The van der Waals surface area contributed by atoms with Crippen molar-refractivity contribution in [2.75, 3.05) is 99.9 Å². The standard InChI is InChI=1S/C26H26F4N6.C26H24F4N4.C25H25F3N4O3.C24H22F4N4O2/c1-17(18-8-11-31-12-9-18)35-14-10-21(15-35)34-24-23(27)25(33-16-32-24)36-13-2-3-22(36)19-4-6-20(7-5-19)26(28,29)30;1-16-11-19-5-4-17(13-20(19)12-16)14-31-24-23(27)25(33-15-32-24)34-10-2-3-22(34)18-6-8-21(9-7-18)26(28,29)30;1-25(27,28)19-8-6-18(7-9-19)20-14-35-11-10-32(20)24-22(26)23(30-15-31-24)29-13-17-4-2-16(3-5-17)12-21(33)34;25-20-21(29-12-11-15-3-5-17(6-4-15)23(33)34)30-14-31-22(20)32-13-1-2-19(32)16-7-9-18(10-8-16)24(26,27)28/h4-9,11-12,16,21-22H,1-3,10,13-15H2,(H,32,33,34);4-9,13,15,22H,1-3,10-12,14H2,(H,31,32,33);2-9,15,20H,10-14H2,1H3,(H,33,34)(H,29,30,31);3-10,14,19H,1-2,11-13H2,(H,33,34)(H,29,30,31). The first-order valence-corrected chi connectivity index (χ1v) is 44.9. The number of morpholine rings is 1. The van der Waals surface area contributed by atoms with E-state index in [0.717, 1.165) is 116 Å². The Kier molecular flexibility index (Phi) is 31.0. The Morgan fingerprint density at radius 3 is 1.29 bits per heavy atom. The molecular formula is C101H97F15N18O5. The number of carboxylic acid groups (broad SMARTS) is 2. The maximum Gasteiger partial charge on any atom is 0.416 e. The number of aliphatic carboxylic acids is 1. The first-order chi connectivity index (χ1) is 66.6. The number of hydrogen-bond donors (Lipinski definition) is 6. The van der Waals surface area contributed by atoms with Crippen molar-refractivity contribution < 1.29 is 90.4 Å². The number of alkyl halides is 11. The largest absolute Gasteiger partial charge is 0.481 e. The van der Waals surface area contributed by atoms with Gasteiger partial charge in [-0.25, -0.2) is 53.4 Å². The van der Waals surface area contributed by atoms with Crippen LogP contribution in [0.3, 0.4) is 0 Å². The van der Waals surface area contributed by atoms with Crippen LogP contribution in [0.4, 0.5) is 112 Å². The predicted molar refractivity (Wildman–Crippen MR) is 495 cm³/mol. The molecular weight excluding hydrogens is 1830 g/mol. The molecule has 5 fully saturated rings. The van der Waals surface area contributed by atoms with Gasteiger partial charge in [-0.2, -0.15) is 57.1 Å². The van der Waals surface area contributed by atoms with Crippen LogP contribution in [0.1, 0.15) is 170 Å². The van der Waals surface area contributed by atoms with Crippen LogP contribution in [0.15, 0.2) is 232 Å². The van der Waals surface area contributed by atoms with Crippen molar-refractivity contribution in [1.29, 1.82) is 0 Å². The van der Waals surface area contributed by atoms with Crippen LogP contribution in [0.25, 0.3) is 5.70 Å². The average molecular weight is 1930 g/mol. The fourth-order valence-electron chi connectivity index (χ4n) is 17.9. The summed E-state index contributed by atoms with van der Waals surface area (Å²) in [7, 11) is 0. The van der Waals surface area contributed by atoms with Gasteiger partial charge in [0.2, 0.25) is 23.3 Å². The number of carbonyl (C=O) groups is 2. The number of likely N-dealkylation sites (tertiary alicyclic amines) is 1. The summed E-state index contributed by atoms with van der Waals surface area (Å²) in [6.07, 6.45) is 2.84. The molecule has 139 heavy (non-hydrogen) atoms. The minimum absolute atomic E-state index is 0.0230. The summed E-state index contributed by atoms with van der Waals surface area (Å²) in [6.45, 7) is 14.2. The monoisotopic (exact) mass is 1930 g/mol. The van der Waals surface area contributed by atoms with Crippen LogP contribution in [0, 0.1) is 23.3 Å². The Morgan fingerprint density at radius 2 is 0.842 bits per heavy atom. The molecule has 23 nitrogen and oxygen atoms in total. The molecule has 7 aromatic carbocycles. The topological polar surface area (TPSA) is 264 Å². The highest BCUT2D eigenvalue weighted by Crippen LogP contribution is 2.45. The molecule has 0 spiro atoms. The lowest BCUT2D eigenvalue weighted by molar-refractivity contribution is -0.138. The van der Waals surface area contributed by atoms with E-state index in [-0.39, 0.29) is 101 Å². The Hall–Kier alpha value is -14.5. The van der Waals surface area contributed by atoms with Gasteiger partial charge in [-0.1, -0.05) is 134 Å². The third-order valence-corrected chi connectivity index (χ3v) is 25.0. The zero-order valence-corrected chi connectivity index (χ0v) is 75.1. The Morgan fingerprint density at radius 1 is 0.439 bits per heavy atom. The lowest BCUT2D eigenvalue weighted by atomic mass is 10.0. The minimum atomic E-state index is -4.41. The van der Waals surface area contributed by atoms with Crippen molar-refractivity contribution in [2.24, 2.45) is 0 Å². The highest BCUT2D eigenvalue weighted by Gasteiger charge is 2.40. The van der Waals surface area contributed by atoms with Crippen molar-refractivity contribution in [3.05, 3.63) is 345 Å². The lowest BCUT2D eigenvalue weighted by Crippen LogP contribution is -2.40. The summed E-state index contributed by atoms with van der Waals surface area (Å²) >= 11 is 0. The molecule has 10 heterocycles. The Balaban J connectivity index is 0.000000140. The number of allylic oxidation sites excluding steroid dienone is 1. The number of benzene rings is 7. The van der Waals surface area contributed by atoms with Crippen LogP contribution < -0.4 is 40.9 Å². The molecule has 6 N–H and O–H groups in total. The molecule has 5 aromatic heterocycles. The molecule has 18 rings (SSSR count). The summed E-state index contributed by atoms with van der Waals surface area (Å²) < 4.78 is 211. The first kappa shape index (κ1) is 99.0. The molecule has 5 unspecified atom stereocenters. The third kappa shape index (κ3) is 24.6. The number of fused-ring (bicyclic) bond motifs is 1. The van der Waals surface area contributed by atoms with Crippen LogP contribution in [-0.4, -0.2) is 137 Å². The fourth-order valence-corrected chi connectivity index (χ4v) is 17.9. The molecule has 5 aliphatic heterocycles. The normalized spacial score (nSPS) is 17.6. The second-order valence-corrected chi connectivity index (χ2v) is 34.4. The van der Waals surface area contributed by atoms with Gasteiger partial charge in [0.25, 0.3) is 5.92 Å².